The Morgan fingerprint density at radius 3 is 2.82 bits per heavy atom. The number of nitrogens with one attached hydrogen (secondary N) is 1. The molecule has 17 heavy (non-hydrogen) atoms. The molecule has 1 heterocycles. The fraction of sp³-hybridized carbons (Fsp3) is 0.500. The quantitative estimate of drug-likeness (QED) is 0.800. The minimum absolute atomic E-state index is 0.163. The van der Waals surface area contributed by atoms with Gasteiger partial charge in [0.05, 0.1) is 0 Å². The molecule has 0 radical (unpaired) electrons. The first kappa shape index (κ1) is 12.1. The number of hydrogen-bond acceptors (Lipinski definition) is 2. The lowest BCUT2D eigenvalue weighted by Gasteiger charge is -2.34. The maximum Gasteiger partial charge on any atom is 0.254 e. The number of rotatable bonds is 1. The van der Waals surface area contributed by atoms with E-state index in [0.29, 0.717) is 0 Å². The standard InChI is InChI=1S/C14H20N2O/c1-10-4-5-13(11(2)8-10)14(17)16-7-6-15-9-12(16)3/h4-5,8,12,15H,6-7,9H2,1-3H3/t12-/m0/s1. The largest absolute Gasteiger partial charge is 0.333 e. The summed E-state index contributed by atoms with van der Waals surface area (Å²) in [5.74, 6) is 0.163. The van der Waals surface area contributed by atoms with E-state index >= 15 is 0 Å². The zero-order chi connectivity index (χ0) is 12.4. The molecular weight excluding hydrogens is 212 g/mol. The van der Waals surface area contributed by atoms with E-state index in [-0.39, 0.29) is 11.9 Å². The second kappa shape index (κ2) is 4.88. The van der Waals surface area contributed by atoms with Gasteiger partial charge in [-0.1, -0.05) is 17.7 Å². The Bertz CT molecular complexity index is 428. The predicted octanol–water partition coefficient (Wildman–Crippen LogP) is 1.74. The van der Waals surface area contributed by atoms with Crippen LogP contribution in [0.4, 0.5) is 0 Å². The van der Waals surface area contributed by atoms with Crippen molar-refractivity contribution in [2.45, 2.75) is 26.8 Å². The molecule has 1 fully saturated rings. The predicted molar refractivity (Wildman–Crippen MR) is 69.3 cm³/mol. The van der Waals surface area contributed by atoms with Crippen LogP contribution in [0, 0.1) is 13.8 Å². The molecule has 1 aliphatic rings. The number of nitrogens with zero attached hydrogens (tertiary/aromatic N) is 1. The second-order valence-corrected chi connectivity index (χ2v) is 4.87. The summed E-state index contributed by atoms with van der Waals surface area (Å²) in [6.45, 7) is 8.72. The van der Waals surface area contributed by atoms with Crippen molar-refractivity contribution in [3.63, 3.8) is 0 Å². The Balaban J connectivity index is 2.24. The molecule has 3 heteroatoms. The minimum Gasteiger partial charge on any atom is -0.333 e. The van der Waals surface area contributed by atoms with Gasteiger partial charge in [0.25, 0.3) is 5.91 Å². The van der Waals surface area contributed by atoms with Gasteiger partial charge in [-0.05, 0) is 32.4 Å². The van der Waals surface area contributed by atoms with Crippen LogP contribution in [0.1, 0.15) is 28.4 Å². The van der Waals surface area contributed by atoms with Gasteiger partial charge in [0.15, 0.2) is 0 Å². The number of aryl methyl sites for hydroxylation is 2. The third-order valence-electron chi connectivity index (χ3n) is 3.37. The smallest absolute Gasteiger partial charge is 0.254 e. The summed E-state index contributed by atoms with van der Waals surface area (Å²) in [4.78, 5) is 14.4. The van der Waals surface area contributed by atoms with Crippen LogP contribution < -0.4 is 5.32 Å². The Labute approximate surface area is 103 Å². The first-order valence-electron chi connectivity index (χ1n) is 6.18. The number of benzene rings is 1. The lowest BCUT2D eigenvalue weighted by molar-refractivity contribution is 0.0655. The molecule has 0 unspecified atom stereocenters. The van der Waals surface area contributed by atoms with Gasteiger partial charge < -0.3 is 10.2 Å². The van der Waals surface area contributed by atoms with Crippen LogP contribution in [-0.4, -0.2) is 36.5 Å². The highest BCUT2D eigenvalue weighted by atomic mass is 16.2. The average molecular weight is 232 g/mol. The second-order valence-electron chi connectivity index (χ2n) is 4.87. The molecular formula is C14H20N2O. The third kappa shape index (κ3) is 2.50. The van der Waals surface area contributed by atoms with Crippen LogP contribution in [0.25, 0.3) is 0 Å². The van der Waals surface area contributed by atoms with Gasteiger partial charge in [0, 0.05) is 31.2 Å². The molecule has 2 rings (SSSR count). The molecule has 1 N–H and O–H groups in total. The number of carbonyl (C=O) groups is 1. The Hall–Kier alpha value is -1.35. The lowest BCUT2D eigenvalue weighted by atomic mass is 10.0. The van der Waals surface area contributed by atoms with Crippen molar-refractivity contribution in [2.75, 3.05) is 19.6 Å². The van der Waals surface area contributed by atoms with E-state index in [4.69, 9.17) is 0 Å². The van der Waals surface area contributed by atoms with Crippen molar-refractivity contribution in [3.8, 4) is 0 Å². The average Bonchev–Trinajstić information content (AvgIpc) is 2.29. The molecule has 1 amide bonds. The summed E-state index contributed by atoms with van der Waals surface area (Å²) in [6.07, 6.45) is 0. The van der Waals surface area contributed by atoms with Gasteiger partial charge >= 0.3 is 0 Å². The van der Waals surface area contributed by atoms with Crippen LogP contribution in [0.5, 0.6) is 0 Å². The van der Waals surface area contributed by atoms with Crippen molar-refractivity contribution < 1.29 is 4.79 Å². The molecule has 1 aromatic carbocycles. The van der Waals surface area contributed by atoms with Gasteiger partial charge in [-0.2, -0.15) is 0 Å². The van der Waals surface area contributed by atoms with Crippen LogP contribution in [0.3, 0.4) is 0 Å². The van der Waals surface area contributed by atoms with E-state index in [2.05, 4.69) is 25.2 Å². The van der Waals surface area contributed by atoms with Crippen molar-refractivity contribution in [2.24, 2.45) is 0 Å². The summed E-state index contributed by atoms with van der Waals surface area (Å²) in [6, 6.07) is 6.30. The Morgan fingerprint density at radius 1 is 1.41 bits per heavy atom. The minimum atomic E-state index is 0.163. The summed E-state index contributed by atoms with van der Waals surface area (Å²) in [7, 11) is 0. The monoisotopic (exact) mass is 232 g/mol. The zero-order valence-electron chi connectivity index (χ0n) is 10.8. The molecule has 92 valence electrons. The number of carbonyl (C=O) groups excluding carboxylic acids is 1. The fourth-order valence-corrected chi connectivity index (χ4v) is 2.35. The molecule has 0 aromatic heterocycles. The highest BCUT2D eigenvalue weighted by Crippen LogP contribution is 2.15. The molecule has 0 saturated carbocycles. The normalized spacial score (nSPS) is 20.4. The molecule has 1 saturated heterocycles. The van der Waals surface area contributed by atoms with E-state index < -0.39 is 0 Å². The van der Waals surface area contributed by atoms with E-state index in [1.807, 2.05) is 24.0 Å². The SMILES string of the molecule is Cc1ccc(C(=O)N2CCNC[C@@H]2C)c(C)c1. The number of piperazine rings is 1. The fourth-order valence-electron chi connectivity index (χ4n) is 2.35. The Kier molecular flexibility index (Phi) is 3.48. The molecule has 1 aromatic rings. The highest BCUT2D eigenvalue weighted by Gasteiger charge is 2.24. The summed E-state index contributed by atoms with van der Waals surface area (Å²) < 4.78 is 0. The van der Waals surface area contributed by atoms with Crippen LogP contribution in [0.2, 0.25) is 0 Å². The third-order valence-corrected chi connectivity index (χ3v) is 3.37. The summed E-state index contributed by atoms with van der Waals surface area (Å²) in [5, 5.41) is 3.30. The molecule has 0 bridgehead atoms. The number of amides is 1. The van der Waals surface area contributed by atoms with Crippen LogP contribution in [0.15, 0.2) is 18.2 Å². The Morgan fingerprint density at radius 2 is 2.18 bits per heavy atom. The van der Waals surface area contributed by atoms with E-state index in [1.54, 1.807) is 0 Å². The topological polar surface area (TPSA) is 32.3 Å². The highest BCUT2D eigenvalue weighted by molar-refractivity contribution is 5.96. The van der Waals surface area contributed by atoms with E-state index in [0.717, 1.165) is 30.8 Å². The maximum atomic E-state index is 12.4. The van der Waals surface area contributed by atoms with E-state index in [1.165, 1.54) is 5.56 Å². The summed E-state index contributed by atoms with van der Waals surface area (Å²) in [5.41, 5.74) is 3.11. The van der Waals surface area contributed by atoms with Gasteiger partial charge in [-0.25, -0.2) is 0 Å². The lowest BCUT2D eigenvalue weighted by Crippen LogP contribution is -2.52. The first-order chi connectivity index (χ1) is 8.09. The van der Waals surface area contributed by atoms with Crippen LogP contribution >= 0.6 is 0 Å². The molecule has 3 nitrogen and oxygen atoms in total. The molecule has 0 aliphatic carbocycles. The summed E-state index contributed by atoms with van der Waals surface area (Å²) >= 11 is 0. The van der Waals surface area contributed by atoms with Crippen LogP contribution in [-0.2, 0) is 0 Å². The number of hydrogen-bond donors (Lipinski definition) is 1. The van der Waals surface area contributed by atoms with Crippen molar-refractivity contribution in [1.82, 2.24) is 10.2 Å². The van der Waals surface area contributed by atoms with Crippen molar-refractivity contribution in [3.05, 3.63) is 34.9 Å². The van der Waals surface area contributed by atoms with E-state index in [9.17, 15) is 4.79 Å². The molecule has 1 atom stereocenters. The molecule has 0 spiro atoms. The zero-order valence-corrected chi connectivity index (χ0v) is 10.8. The first-order valence-corrected chi connectivity index (χ1v) is 6.18. The van der Waals surface area contributed by atoms with Gasteiger partial charge in [-0.3, -0.25) is 4.79 Å². The molecule has 1 aliphatic heterocycles. The van der Waals surface area contributed by atoms with Gasteiger partial charge in [-0.15, -0.1) is 0 Å². The maximum absolute atomic E-state index is 12.4. The van der Waals surface area contributed by atoms with Crippen molar-refractivity contribution in [1.29, 1.82) is 0 Å². The van der Waals surface area contributed by atoms with Gasteiger partial charge in [0.1, 0.15) is 0 Å². The van der Waals surface area contributed by atoms with Crippen molar-refractivity contribution >= 4 is 5.91 Å². The van der Waals surface area contributed by atoms with Gasteiger partial charge in [0.2, 0.25) is 0 Å².